The van der Waals surface area contributed by atoms with Crippen molar-refractivity contribution in [2.24, 2.45) is 0 Å². The summed E-state index contributed by atoms with van der Waals surface area (Å²) >= 11 is 0. The molecule has 1 aliphatic rings. The lowest BCUT2D eigenvalue weighted by molar-refractivity contribution is 0.636. The van der Waals surface area contributed by atoms with E-state index in [1.54, 1.807) is 18.7 Å². The first-order valence-corrected chi connectivity index (χ1v) is 8.89. The Morgan fingerprint density at radius 3 is 2.44 bits per heavy atom. The molecule has 1 aliphatic heterocycles. The Labute approximate surface area is 155 Å². The predicted octanol–water partition coefficient (Wildman–Crippen LogP) is 2.14. The minimum Gasteiger partial charge on any atom is -0.352 e. The Hall–Kier alpha value is -3.55. The van der Waals surface area contributed by atoms with Gasteiger partial charge in [0.15, 0.2) is 0 Å². The van der Waals surface area contributed by atoms with Crippen molar-refractivity contribution in [3.63, 3.8) is 0 Å². The average Bonchev–Trinajstić information content (AvgIpc) is 3.29. The van der Waals surface area contributed by atoms with E-state index in [4.69, 9.17) is 0 Å². The first kappa shape index (κ1) is 15.7. The van der Waals surface area contributed by atoms with Gasteiger partial charge in [-0.3, -0.25) is 5.10 Å². The van der Waals surface area contributed by atoms with Crippen molar-refractivity contribution in [3.05, 3.63) is 55.4 Å². The van der Waals surface area contributed by atoms with Crippen LogP contribution < -0.4 is 9.80 Å². The van der Waals surface area contributed by atoms with E-state index < -0.39 is 0 Å². The van der Waals surface area contributed by atoms with Crippen molar-refractivity contribution in [3.8, 4) is 11.1 Å². The fraction of sp³-hybridized carbons (Fsp3) is 0.211. The molecule has 27 heavy (non-hydrogen) atoms. The number of aromatic nitrogens is 6. The standard InChI is InChI=1S/C19H18N8/c1-4-20-19(21-5-1)27-8-6-26(7-9-27)18-16-10-14(15-11-24-25-12-15)2-3-17(16)22-13-23-18/h1-5,10-13H,6-9H2,(H,24,25). The van der Waals surface area contributed by atoms with Crippen LogP contribution in [0.15, 0.2) is 55.4 Å². The third-order valence-corrected chi connectivity index (χ3v) is 4.86. The number of nitrogens with one attached hydrogen (secondary N) is 1. The first-order valence-electron chi connectivity index (χ1n) is 8.89. The number of benzene rings is 1. The Kier molecular flexibility index (Phi) is 3.86. The molecule has 0 aliphatic carbocycles. The molecular formula is C19H18N8. The zero-order valence-corrected chi connectivity index (χ0v) is 14.7. The summed E-state index contributed by atoms with van der Waals surface area (Å²) in [5.41, 5.74) is 3.10. The summed E-state index contributed by atoms with van der Waals surface area (Å²) in [7, 11) is 0. The van der Waals surface area contributed by atoms with E-state index in [-0.39, 0.29) is 0 Å². The molecule has 8 heteroatoms. The number of aromatic amines is 1. The zero-order valence-electron chi connectivity index (χ0n) is 14.7. The molecule has 0 radical (unpaired) electrons. The summed E-state index contributed by atoms with van der Waals surface area (Å²) in [5.74, 6) is 1.76. The van der Waals surface area contributed by atoms with Crippen LogP contribution in [0, 0.1) is 0 Å². The number of nitrogens with zero attached hydrogens (tertiary/aromatic N) is 7. The molecule has 8 nitrogen and oxygen atoms in total. The SMILES string of the molecule is c1cnc(N2CCN(c3ncnc4ccc(-c5cn[nH]c5)cc34)CC2)nc1. The molecule has 0 atom stereocenters. The summed E-state index contributed by atoms with van der Waals surface area (Å²) in [4.78, 5) is 22.2. The fourth-order valence-electron chi connectivity index (χ4n) is 3.46. The molecule has 0 saturated carbocycles. The molecule has 3 aromatic heterocycles. The maximum Gasteiger partial charge on any atom is 0.225 e. The number of fused-ring (bicyclic) bond motifs is 1. The first-order chi connectivity index (χ1) is 13.4. The molecule has 1 aromatic carbocycles. The number of H-pyrrole nitrogens is 1. The lowest BCUT2D eigenvalue weighted by Gasteiger charge is -2.35. The van der Waals surface area contributed by atoms with Crippen LogP contribution in [0.1, 0.15) is 0 Å². The second-order valence-electron chi connectivity index (χ2n) is 6.44. The molecule has 0 amide bonds. The highest BCUT2D eigenvalue weighted by Gasteiger charge is 2.21. The van der Waals surface area contributed by atoms with Crippen molar-refractivity contribution in [2.75, 3.05) is 36.0 Å². The van der Waals surface area contributed by atoms with E-state index in [9.17, 15) is 0 Å². The van der Waals surface area contributed by atoms with E-state index >= 15 is 0 Å². The molecule has 0 bridgehead atoms. The fourth-order valence-corrected chi connectivity index (χ4v) is 3.46. The van der Waals surface area contributed by atoms with Crippen molar-refractivity contribution in [2.45, 2.75) is 0 Å². The van der Waals surface area contributed by atoms with E-state index in [1.807, 2.05) is 24.5 Å². The van der Waals surface area contributed by atoms with Crippen molar-refractivity contribution < 1.29 is 0 Å². The summed E-state index contributed by atoms with van der Waals surface area (Å²) in [6.07, 6.45) is 8.92. The minimum atomic E-state index is 0.784. The summed E-state index contributed by atoms with van der Waals surface area (Å²) < 4.78 is 0. The highest BCUT2D eigenvalue weighted by Crippen LogP contribution is 2.29. The molecule has 1 N–H and O–H groups in total. The third-order valence-electron chi connectivity index (χ3n) is 4.86. The second-order valence-corrected chi connectivity index (χ2v) is 6.44. The van der Waals surface area contributed by atoms with Crippen LogP contribution in [-0.2, 0) is 0 Å². The van der Waals surface area contributed by atoms with Gasteiger partial charge in [0.2, 0.25) is 5.95 Å². The molecule has 0 unspecified atom stereocenters. The van der Waals surface area contributed by atoms with E-state index in [0.717, 1.165) is 60.0 Å². The normalized spacial score (nSPS) is 14.7. The average molecular weight is 358 g/mol. The van der Waals surface area contributed by atoms with Gasteiger partial charge in [0.1, 0.15) is 12.1 Å². The molecular weight excluding hydrogens is 340 g/mol. The van der Waals surface area contributed by atoms with Crippen molar-refractivity contribution in [1.82, 2.24) is 30.1 Å². The van der Waals surface area contributed by atoms with Crippen LogP contribution in [0.25, 0.3) is 22.0 Å². The van der Waals surface area contributed by atoms with Gasteiger partial charge in [-0.2, -0.15) is 5.10 Å². The quantitative estimate of drug-likeness (QED) is 0.600. The summed E-state index contributed by atoms with van der Waals surface area (Å²) in [6, 6.07) is 8.08. The van der Waals surface area contributed by atoms with Crippen LogP contribution in [0.5, 0.6) is 0 Å². The van der Waals surface area contributed by atoms with Crippen LogP contribution in [0.3, 0.4) is 0 Å². The van der Waals surface area contributed by atoms with Crippen LogP contribution in [-0.4, -0.2) is 56.3 Å². The molecule has 134 valence electrons. The monoisotopic (exact) mass is 358 g/mol. The molecule has 1 saturated heterocycles. The summed E-state index contributed by atoms with van der Waals surface area (Å²) in [5, 5.41) is 7.97. The van der Waals surface area contributed by atoms with Crippen molar-refractivity contribution >= 4 is 22.7 Å². The number of hydrogen-bond donors (Lipinski definition) is 1. The highest BCUT2D eigenvalue weighted by atomic mass is 15.3. The smallest absolute Gasteiger partial charge is 0.225 e. The minimum absolute atomic E-state index is 0.784. The Morgan fingerprint density at radius 2 is 1.67 bits per heavy atom. The molecule has 0 spiro atoms. The second kappa shape index (κ2) is 6.64. The van der Waals surface area contributed by atoms with E-state index in [2.05, 4.69) is 52.1 Å². The van der Waals surface area contributed by atoms with E-state index in [0.29, 0.717) is 0 Å². The van der Waals surface area contributed by atoms with Gasteiger partial charge < -0.3 is 9.80 Å². The topological polar surface area (TPSA) is 86.7 Å². The lowest BCUT2D eigenvalue weighted by atomic mass is 10.1. The zero-order chi connectivity index (χ0) is 18.1. The largest absolute Gasteiger partial charge is 0.352 e. The van der Waals surface area contributed by atoms with Crippen molar-refractivity contribution in [1.29, 1.82) is 0 Å². The predicted molar refractivity (Wildman–Crippen MR) is 104 cm³/mol. The van der Waals surface area contributed by atoms with Gasteiger partial charge in [-0.1, -0.05) is 6.07 Å². The van der Waals surface area contributed by atoms with Gasteiger partial charge in [0.05, 0.1) is 11.7 Å². The van der Waals surface area contributed by atoms with Crippen LogP contribution in [0.2, 0.25) is 0 Å². The maximum atomic E-state index is 4.59. The third kappa shape index (κ3) is 2.95. The Balaban J connectivity index is 1.44. The van der Waals surface area contributed by atoms with Crippen LogP contribution >= 0.6 is 0 Å². The lowest BCUT2D eigenvalue weighted by Crippen LogP contribution is -2.47. The van der Waals surface area contributed by atoms with Gasteiger partial charge in [0.25, 0.3) is 0 Å². The van der Waals surface area contributed by atoms with Gasteiger partial charge in [-0.05, 0) is 23.8 Å². The van der Waals surface area contributed by atoms with Gasteiger partial charge in [-0.15, -0.1) is 0 Å². The van der Waals surface area contributed by atoms with E-state index in [1.165, 1.54) is 0 Å². The number of hydrogen-bond acceptors (Lipinski definition) is 7. The Bertz CT molecular complexity index is 1040. The van der Waals surface area contributed by atoms with Gasteiger partial charge in [-0.25, -0.2) is 19.9 Å². The highest BCUT2D eigenvalue weighted by molar-refractivity contribution is 5.92. The number of rotatable bonds is 3. The van der Waals surface area contributed by atoms with Gasteiger partial charge in [0, 0.05) is 55.7 Å². The molecule has 1 fully saturated rings. The Morgan fingerprint density at radius 1 is 0.852 bits per heavy atom. The molecule has 5 rings (SSSR count). The summed E-state index contributed by atoms with van der Waals surface area (Å²) in [6.45, 7) is 3.44. The maximum absolute atomic E-state index is 4.59. The number of piperazine rings is 1. The molecule has 4 aromatic rings. The van der Waals surface area contributed by atoms with Gasteiger partial charge >= 0.3 is 0 Å². The number of anilines is 2. The molecule has 4 heterocycles. The van der Waals surface area contributed by atoms with Crippen LogP contribution in [0.4, 0.5) is 11.8 Å².